The lowest BCUT2D eigenvalue weighted by atomic mass is 9.96. The first kappa shape index (κ1) is 12.3. The second kappa shape index (κ2) is 5.91. The molecule has 2 aromatic heterocycles. The highest BCUT2D eigenvalue weighted by Gasteiger charge is 2.14. The minimum atomic E-state index is 0.600. The third-order valence-electron chi connectivity index (χ3n) is 3.81. The molecule has 1 aliphatic rings. The van der Waals surface area contributed by atoms with Gasteiger partial charge in [-0.1, -0.05) is 19.3 Å². The fourth-order valence-corrected chi connectivity index (χ4v) is 2.70. The van der Waals surface area contributed by atoms with Gasteiger partial charge in [0, 0.05) is 43.9 Å². The van der Waals surface area contributed by atoms with Crippen LogP contribution in [0.15, 0.2) is 31.1 Å². The number of imidazole rings is 2. The number of hydrogen-bond acceptors (Lipinski definition) is 3. The van der Waals surface area contributed by atoms with E-state index in [-0.39, 0.29) is 0 Å². The van der Waals surface area contributed by atoms with E-state index in [9.17, 15) is 0 Å². The summed E-state index contributed by atoms with van der Waals surface area (Å²) in [4.78, 5) is 8.50. The van der Waals surface area contributed by atoms with Gasteiger partial charge >= 0.3 is 0 Å². The van der Waals surface area contributed by atoms with Crippen molar-refractivity contribution in [2.75, 3.05) is 5.32 Å². The van der Waals surface area contributed by atoms with Crippen molar-refractivity contribution in [3.63, 3.8) is 0 Å². The van der Waals surface area contributed by atoms with Crippen LogP contribution in [0.4, 0.5) is 5.95 Å². The van der Waals surface area contributed by atoms with Crippen molar-refractivity contribution in [3.05, 3.63) is 31.1 Å². The second-order valence-electron chi connectivity index (χ2n) is 5.22. The van der Waals surface area contributed by atoms with Gasteiger partial charge in [-0.05, 0) is 12.8 Å². The molecule has 1 saturated carbocycles. The number of aromatic nitrogens is 4. The normalized spacial score (nSPS) is 16.6. The summed E-state index contributed by atoms with van der Waals surface area (Å²) < 4.78 is 4.28. The van der Waals surface area contributed by atoms with Crippen LogP contribution < -0.4 is 5.32 Å². The summed E-state index contributed by atoms with van der Waals surface area (Å²) in [5.74, 6) is 1.01. The van der Waals surface area contributed by atoms with Gasteiger partial charge in [-0.3, -0.25) is 0 Å². The molecule has 3 rings (SSSR count). The summed E-state index contributed by atoms with van der Waals surface area (Å²) in [5.41, 5.74) is 0. The van der Waals surface area contributed by atoms with Gasteiger partial charge in [0.25, 0.3) is 0 Å². The number of nitrogens with zero attached hydrogens (tertiary/aromatic N) is 4. The van der Waals surface area contributed by atoms with E-state index >= 15 is 0 Å². The lowest BCUT2D eigenvalue weighted by Gasteiger charge is -2.23. The third-order valence-corrected chi connectivity index (χ3v) is 3.81. The van der Waals surface area contributed by atoms with Crippen molar-refractivity contribution >= 4 is 5.95 Å². The van der Waals surface area contributed by atoms with Crippen molar-refractivity contribution in [1.82, 2.24) is 19.1 Å². The Bertz CT molecular complexity index is 482. The average molecular weight is 259 g/mol. The highest BCUT2D eigenvalue weighted by Crippen LogP contribution is 2.20. The number of anilines is 1. The molecule has 0 amide bonds. The molecule has 0 unspecified atom stereocenters. The molecular weight excluding hydrogens is 238 g/mol. The number of rotatable bonds is 5. The Balaban J connectivity index is 1.58. The highest BCUT2D eigenvalue weighted by atomic mass is 15.2. The first-order valence-electron chi connectivity index (χ1n) is 7.15. The lowest BCUT2D eigenvalue weighted by Crippen LogP contribution is -2.24. The van der Waals surface area contributed by atoms with E-state index < -0.39 is 0 Å². The molecule has 5 nitrogen and oxygen atoms in total. The van der Waals surface area contributed by atoms with Gasteiger partial charge in [-0.2, -0.15) is 0 Å². The predicted molar refractivity (Wildman–Crippen MR) is 74.9 cm³/mol. The highest BCUT2D eigenvalue weighted by molar-refractivity contribution is 5.27. The number of aryl methyl sites for hydroxylation is 2. The fraction of sp³-hybridized carbons (Fsp3) is 0.571. The maximum atomic E-state index is 4.44. The summed E-state index contributed by atoms with van der Waals surface area (Å²) in [6.45, 7) is 1.85. The molecule has 19 heavy (non-hydrogen) atoms. The van der Waals surface area contributed by atoms with Gasteiger partial charge < -0.3 is 14.5 Å². The topological polar surface area (TPSA) is 47.7 Å². The lowest BCUT2D eigenvalue weighted by molar-refractivity contribution is 0.457. The third kappa shape index (κ3) is 3.16. The van der Waals surface area contributed by atoms with Gasteiger partial charge in [-0.25, -0.2) is 9.97 Å². The largest absolute Gasteiger partial charge is 0.353 e. The molecule has 0 aromatic carbocycles. The Morgan fingerprint density at radius 3 is 2.79 bits per heavy atom. The zero-order chi connectivity index (χ0) is 12.9. The van der Waals surface area contributed by atoms with Crippen LogP contribution in [0.5, 0.6) is 0 Å². The molecule has 1 fully saturated rings. The van der Waals surface area contributed by atoms with Crippen molar-refractivity contribution in [2.45, 2.75) is 51.2 Å². The van der Waals surface area contributed by atoms with E-state index in [2.05, 4.69) is 24.4 Å². The van der Waals surface area contributed by atoms with Crippen LogP contribution in [0.1, 0.15) is 32.1 Å². The quantitative estimate of drug-likeness (QED) is 0.897. The summed E-state index contributed by atoms with van der Waals surface area (Å²) in [7, 11) is 0. The van der Waals surface area contributed by atoms with E-state index in [1.165, 1.54) is 32.1 Å². The molecule has 1 N–H and O–H groups in total. The van der Waals surface area contributed by atoms with Crippen LogP contribution in [0, 0.1) is 0 Å². The van der Waals surface area contributed by atoms with E-state index in [0.717, 1.165) is 19.0 Å². The first-order chi connectivity index (χ1) is 9.42. The summed E-state index contributed by atoms with van der Waals surface area (Å²) in [5, 5.41) is 3.59. The Morgan fingerprint density at radius 1 is 1.11 bits per heavy atom. The van der Waals surface area contributed by atoms with Gasteiger partial charge in [0.05, 0.1) is 6.33 Å². The second-order valence-corrected chi connectivity index (χ2v) is 5.22. The van der Waals surface area contributed by atoms with Crippen LogP contribution in [-0.2, 0) is 13.1 Å². The number of nitrogens with one attached hydrogen (secondary N) is 1. The minimum absolute atomic E-state index is 0.600. The van der Waals surface area contributed by atoms with E-state index in [0.29, 0.717) is 6.04 Å². The summed E-state index contributed by atoms with van der Waals surface area (Å²) in [6, 6.07) is 0.600. The van der Waals surface area contributed by atoms with Gasteiger partial charge in [0.15, 0.2) is 0 Å². The van der Waals surface area contributed by atoms with Crippen LogP contribution in [-0.4, -0.2) is 25.1 Å². The Morgan fingerprint density at radius 2 is 2.00 bits per heavy atom. The zero-order valence-corrected chi connectivity index (χ0v) is 11.2. The van der Waals surface area contributed by atoms with Crippen molar-refractivity contribution in [2.24, 2.45) is 0 Å². The molecule has 0 aliphatic heterocycles. The van der Waals surface area contributed by atoms with Crippen molar-refractivity contribution < 1.29 is 0 Å². The predicted octanol–water partition coefficient (Wildman–Crippen LogP) is 2.52. The molecule has 1 aliphatic carbocycles. The summed E-state index contributed by atoms with van der Waals surface area (Å²) >= 11 is 0. The Kier molecular flexibility index (Phi) is 3.81. The molecule has 0 atom stereocenters. The molecule has 5 heteroatoms. The molecule has 0 saturated heterocycles. The molecule has 0 radical (unpaired) electrons. The Hall–Kier alpha value is -1.78. The summed E-state index contributed by atoms with van der Waals surface area (Å²) in [6.07, 6.45) is 16.2. The van der Waals surface area contributed by atoms with Crippen LogP contribution in [0.25, 0.3) is 0 Å². The fourth-order valence-electron chi connectivity index (χ4n) is 2.70. The molecule has 0 spiro atoms. The van der Waals surface area contributed by atoms with Gasteiger partial charge in [0.2, 0.25) is 5.95 Å². The van der Waals surface area contributed by atoms with E-state index in [1.807, 2.05) is 31.1 Å². The molecule has 0 bridgehead atoms. The average Bonchev–Trinajstić information content (AvgIpc) is 3.09. The SMILES string of the molecule is c1cn(CCn2ccnc2NC2CCCCC2)cn1. The first-order valence-corrected chi connectivity index (χ1v) is 7.15. The van der Waals surface area contributed by atoms with Gasteiger partial charge in [0.1, 0.15) is 0 Å². The van der Waals surface area contributed by atoms with Crippen LogP contribution in [0.2, 0.25) is 0 Å². The zero-order valence-electron chi connectivity index (χ0n) is 11.2. The molecule has 2 aromatic rings. The molecule has 102 valence electrons. The van der Waals surface area contributed by atoms with E-state index in [1.54, 1.807) is 0 Å². The maximum absolute atomic E-state index is 4.44. The maximum Gasteiger partial charge on any atom is 0.203 e. The molecular formula is C14H21N5. The smallest absolute Gasteiger partial charge is 0.203 e. The van der Waals surface area contributed by atoms with E-state index in [4.69, 9.17) is 0 Å². The van der Waals surface area contributed by atoms with Crippen LogP contribution >= 0.6 is 0 Å². The monoisotopic (exact) mass is 259 g/mol. The minimum Gasteiger partial charge on any atom is -0.353 e. The number of hydrogen-bond donors (Lipinski definition) is 1. The molecule has 2 heterocycles. The Labute approximate surface area is 113 Å². The van der Waals surface area contributed by atoms with Crippen LogP contribution in [0.3, 0.4) is 0 Å². The van der Waals surface area contributed by atoms with Crippen molar-refractivity contribution in [1.29, 1.82) is 0 Å². The van der Waals surface area contributed by atoms with Gasteiger partial charge in [-0.15, -0.1) is 0 Å². The van der Waals surface area contributed by atoms with Crippen molar-refractivity contribution in [3.8, 4) is 0 Å². The standard InChI is InChI=1S/C14H21N5/c1-2-4-13(5-3-1)17-14-16-7-9-19(14)11-10-18-8-6-15-12-18/h6-9,12-13H,1-5,10-11H2,(H,16,17).